The Labute approximate surface area is 199 Å². The molecule has 2 amide bonds. The number of hydrogen-bond donors (Lipinski definition) is 1. The van der Waals surface area contributed by atoms with Gasteiger partial charge in [0, 0.05) is 31.2 Å². The summed E-state index contributed by atoms with van der Waals surface area (Å²) in [6, 6.07) is 9.62. The van der Waals surface area contributed by atoms with E-state index in [1.807, 2.05) is 11.0 Å². The summed E-state index contributed by atoms with van der Waals surface area (Å²) in [7, 11) is 0. The fourth-order valence-corrected chi connectivity index (χ4v) is 4.11. The zero-order chi connectivity index (χ0) is 24.5. The number of ether oxygens (including phenoxy) is 2. The molecule has 7 nitrogen and oxygen atoms in total. The summed E-state index contributed by atoms with van der Waals surface area (Å²) in [6.45, 7) is 3.20. The smallest absolute Gasteiger partial charge is 0.418 e. The van der Waals surface area contributed by atoms with Gasteiger partial charge in [-0.15, -0.1) is 0 Å². The van der Waals surface area contributed by atoms with Gasteiger partial charge in [-0.1, -0.05) is 23.7 Å². The monoisotopic (exact) mass is 497 g/mol. The van der Waals surface area contributed by atoms with Gasteiger partial charge in [-0.3, -0.25) is 14.5 Å². The topological polar surface area (TPSA) is 71.1 Å². The summed E-state index contributed by atoms with van der Waals surface area (Å²) in [6.07, 6.45) is -5.42. The van der Waals surface area contributed by atoms with Crippen molar-refractivity contribution in [2.75, 3.05) is 38.1 Å². The molecule has 2 aromatic carbocycles. The van der Waals surface area contributed by atoms with Crippen molar-refractivity contribution in [2.24, 2.45) is 0 Å². The molecular weight excluding hydrogens is 475 g/mol. The van der Waals surface area contributed by atoms with Crippen LogP contribution in [0.3, 0.4) is 0 Å². The lowest BCUT2D eigenvalue weighted by Crippen LogP contribution is -2.57. The maximum absolute atomic E-state index is 13.3. The number of amides is 2. The Hall–Kier alpha value is -2.98. The van der Waals surface area contributed by atoms with Gasteiger partial charge in [0.05, 0.1) is 17.3 Å². The van der Waals surface area contributed by atoms with Gasteiger partial charge in [-0.05, 0) is 37.3 Å². The van der Waals surface area contributed by atoms with Gasteiger partial charge in [-0.25, -0.2) is 0 Å². The molecule has 2 aliphatic heterocycles. The molecule has 1 fully saturated rings. The number of para-hydroxylation sites is 2. The zero-order valence-corrected chi connectivity index (χ0v) is 19.0. The number of benzene rings is 2. The second-order valence-electron chi connectivity index (χ2n) is 8.08. The molecule has 0 spiro atoms. The number of piperazine rings is 1. The molecule has 0 radical (unpaired) electrons. The standard InChI is InChI=1S/C23H23ClF3N3O4/c1-14(21(31)28-17-7-6-15(24)12-16(17)23(25,26)27)29-8-10-30(11-9-29)22(32)20-13-33-18-4-2-3-5-19(18)34-20/h2-7,12,14,20H,8-11,13H2,1H3,(H,28,31)/t14-,20-/m1/s1. The molecular formula is C23H23ClF3N3O4. The number of fused-ring (bicyclic) bond motifs is 1. The number of nitrogens with zero attached hydrogens (tertiary/aromatic N) is 2. The van der Waals surface area contributed by atoms with Crippen LogP contribution in [0.15, 0.2) is 42.5 Å². The molecule has 2 atom stereocenters. The van der Waals surface area contributed by atoms with Crippen LogP contribution in [-0.2, 0) is 15.8 Å². The first-order valence-corrected chi connectivity index (χ1v) is 11.1. The third kappa shape index (κ3) is 5.23. The first-order valence-electron chi connectivity index (χ1n) is 10.7. The van der Waals surface area contributed by atoms with E-state index < -0.39 is 29.8 Å². The zero-order valence-electron chi connectivity index (χ0n) is 18.3. The van der Waals surface area contributed by atoms with Crippen molar-refractivity contribution in [3.8, 4) is 11.5 Å². The molecule has 0 saturated carbocycles. The normalized spacial score (nSPS) is 19.4. The lowest BCUT2D eigenvalue weighted by molar-refractivity contribution is -0.143. The Morgan fingerprint density at radius 3 is 2.44 bits per heavy atom. The van der Waals surface area contributed by atoms with Crippen molar-refractivity contribution in [1.82, 2.24) is 9.80 Å². The highest BCUT2D eigenvalue weighted by Gasteiger charge is 2.36. The first kappa shape index (κ1) is 24.2. The number of carbonyl (C=O) groups excluding carboxylic acids is 2. The highest BCUT2D eigenvalue weighted by atomic mass is 35.5. The Morgan fingerprint density at radius 2 is 1.76 bits per heavy atom. The average Bonchev–Trinajstić information content (AvgIpc) is 2.83. The number of hydrogen-bond acceptors (Lipinski definition) is 5. The van der Waals surface area contributed by atoms with Crippen LogP contribution in [0.25, 0.3) is 0 Å². The van der Waals surface area contributed by atoms with Crippen LogP contribution >= 0.6 is 11.6 Å². The Bertz CT molecular complexity index is 1070. The van der Waals surface area contributed by atoms with E-state index in [1.54, 1.807) is 30.0 Å². The van der Waals surface area contributed by atoms with Crippen molar-refractivity contribution >= 4 is 29.1 Å². The second-order valence-corrected chi connectivity index (χ2v) is 8.51. The maximum Gasteiger partial charge on any atom is 0.418 e. The predicted molar refractivity (Wildman–Crippen MR) is 119 cm³/mol. The summed E-state index contributed by atoms with van der Waals surface area (Å²) < 4.78 is 51.3. The summed E-state index contributed by atoms with van der Waals surface area (Å²) >= 11 is 5.69. The van der Waals surface area contributed by atoms with Gasteiger partial charge in [0.2, 0.25) is 12.0 Å². The third-order valence-corrected chi connectivity index (χ3v) is 6.12. The lowest BCUT2D eigenvalue weighted by atomic mass is 10.1. The maximum atomic E-state index is 13.3. The van der Waals surface area contributed by atoms with Crippen molar-refractivity contribution < 1.29 is 32.2 Å². The average molecular weight is 498 g/mol. The number of anilines is 1. The van der Waals surface area contributed by atoms with Crippen LogP contribution in [0.1, 0.15) is 12.5 Å². The highest BCUT2D eigenvalue weighted by molar-refractivity contribution is 6.30. The molecule has 0 bridgehead atoms. The molecule has 182 valence electrons. The van der Waals surface area contributed by atoms with Crippen molar-refractivity contribution in [1.29, 1.82) is 0 Å². The van der Waals surface area contributed by atoms with E-state index in [1.165, 1.54) is 6.07 Å². The minimum Gasteiger partial charge on any atom is -0.485 e. The SMILES string of the molecule is C[C@H](C(=O)Nc1ccc(Cl)cc1C(F)(F)F)N1CCN(C(=O)[C@H]2COc3ccccc3O2)CC1. The summed E-state index contributed by atoms with van der Waals surface area (Å²) in [5, 5.41) is 2.29. The Balaban J connectivity index is 1.33. The number of alkyl halides is 3. The van der Waals surface area contributed by atoms with E-state index in [9.17, 15) is 22.8 Å². The Kier molecular flexibility index (Phi) is 6.90. The van der Waals surface area contributed by atoms with E-state index in [0.29, 0.717) is 37.7 Å². The molecule has 2 aromatic rings. The van der Waals surface area contributed by atoms with Crippen LogP contribution in [0.2, 0.25) is 5.02 Å². The first-order chi connectivity index (χ1) is 16.1. The van der Waals surface area contributed by atoms with Gasteiger partial charge < -0.3 is 19.7 Å². The fourth-order valence-electron chi connectivity index (χ4n) is 3.94. The number of nitrogens with one attached hydrogen (secondary N) is 1. The third-order valence-electron chi connectivity index (χ3n) is 5.88. The van der Waals surface area contributed by atoms with Crippen LogP contribution in [0.5, 0.6) is 11.5 Å². The van der Waals surface area contributed by atoms with Crippen molar-refractivity contribution in [3.63, 3.8) is 0 Å². The van der Waals surface area contributed by atoms with Crippen LogP contribution in [0, 0.1) is 0 Å². The van der Waals surface area contributed by atoms with Gasteiger partial charge in [0.25, 0.3) is 5.91 Å². The molecule has 0 unspecified atom stereocenters. The lowest BCUT2D eigenvalue weighted by Gasteiger charge is -2.39. The number of rotatable bonds is 4. The molecule has 0 aromatic heterocycles. The molecule has 1 saturated heterocycles. The van der Waals surface area contributed by atoms with Gasteiger partial charge in [0.15, 0.2) is 11.5 Å². The largest absolute Gasteiger partial charge is 0.485 e. The van der Waals surface area contributed by atoms with Crippen LogP contribution in [-0.4, -0.2) is 66.5 Å². The fraction of sp³-hybridized carbons (Fsp3) is 0.391. The summed E-state index contributed by atoms with van der Waals surface area (Å²) in [5.41, 5.74) is -1.36. The minimum absolute atomic E-state index is 0.0741. The van der Waals surface area contributed by atoms with E-state index in [0.717, 1.165) is 12.1 Å². The second kappa shape index (κ2) is 9.71. The molecule has 2 aliphatic rings. The summed E-state index contributed by atoms with van der Waals surface area (Å²) in [5.74, 6) is 0.317. The quantitative estimate of drug-likeness (QED) is 0.698. The molecule has 11 heteroatoms. The Morgan fingerprint density at radius 1 is 1.09 bits per heavy atom. The molecule has 34 heavy (non-hydrogen) atoms. The van der Waals surface area contributed by atoms with Gasteiger partial charge in [0.1, 0.15) is 6.61 Å². The van der Waals surface area contributed by atoms with Crippen molar-refractivity contribution in [3.05, 3.63) is 53.1 Å². The molecule has 0 aliphatic carbocycles. The molecule has 2 heterocycles. The van der Waals surface area contributed by atoms with Crippen molar-refractivity contribution in [2.45, 2.75) is 25.2 Å². The minimum atomic E-state index is -4.66. The van der Waals surface area contributed by atoms with E-state index in [4.69, 9.17) is 21.1 Å². The van der Waals surface area contributed by atoms with Crippen LogP contribution < -0.4 is 14.8 Å². The van der Waals surface area contributed by atoms with E-state index in [-0.39, 0.29) is 23.2 Å². The van der Waals surface area contributed by atoms with Gasteiger partial charge >= 0.3 is 6.18 Å². The highest BCUT2D eigenvalue weighted by Crippen LogP contribution is 2.36. The predicted octanol–water partition coefficient (Wildman–Crippen LogP) is 3.67. The molecule has 4 rings (SSSR count). The molecule has 1 N–H and O–H groups in total. The summed E-state index contributed by atoms with van der Waals surface area (Å²) in [4.78, 5) is 29.0. The van der Waals surface area contributed by atoms with Crippen LogP contribution in [0.4, 0.5) is 18.9 Å². The van der Waals surface area contributed by atoms with E-state index in [2.05, 4.69) is 5.32 Å². The van der Waals surface area contributed by atoms with Gasteiger partial charge in [-0.2, -0.15) is 13.2 Å². The van der Waals surface area contributed by atoms with E-state index >= 15 is 0 Å². The number of carbonyl (C=O) groups is 2. The number of halogens is 4.